The number of amides is 2. The van der Waals surface area contributed by atoms with Crippen molar-refractivity contribution in [2.45, 2.75) is 35.8 Å². The lowest BCUT2D eigenvalue weighted by Gasteiger charge is -2.14. The fourth-order valence-electron chi connectivity index (χ4n) is 7.46. The van der Waals surface area contributed by atoms with Gasteiger partial charge in [0.15, 0.2) is 0 Å². The maximum Gasteiger partial charge on any atom is 0.394 e. The van der Waals surface area contributed by atoms with E-state index in [-0.39, 0.29) is 61.0 Å². The van der Waals surface area contributed by atoms with Crippen molar-refractivity contribution in [1.82, 2.24) is 30.6 Å². The van der Waals surface area contributed by atoms with Crippen LogP contribution < -0.4 is 43.0 Å². The van der Waals surface area contributed by atoms with E-state index < -0.39 is 52.5 Å². The second-order valence-electron chi connectivity index (χ2n) is 17.1. The number of nitrogens with zero attached hydrogens (tertiary/aromatic N) is 4. The number of rotatable bonds is 18. The van der Waals surface area contributed by atoms with E-state index >= 15 is 0 Å². The number of aromatic nitrogens is 4. The molecule has 6 aromatic carbocycles. The zero-order valence-electron chi connectivity index (χ0n) is 42.5. The van der Waals surface area contributed by atoms with E-state index in [0.29, 0.717) is 78.1 Å². The van der Waals surface area contributed by atoms with Crippen LogP contribution in [0.5, 0.6) is 11.5 Å². The Balaban J connectivity index is 0.000000246. The number of hydrogen-bond donors (Lipinski definition) is 8. The molecule has 12 N–H and O–H groups in total. The maximum absolute atomic E-state index is 13.2. The Morgan fingerprint density at radius 2 is 0.843 bits per heavy atom. The van der Waals surface area contributed by atoms with Gasteiger partial charge in [0.2, 0.25) is 11.9 Å². The smallest absolute Gasteiger partial charge is 0.394 e. The maximum atomic E-state index is 13.2. The zero-order chi connectivity index (χ0) is 60.8. The number of benzene rings is 6. The van der Waals surface area contributed by atoms with Gasteiger partial charge in [0.25, 0.3) is 11.8 Å². The molecule has 31 heteroatoms. The predicted octanol–water partition coefficient (Wildman–Crippen LogP) is 9.00. The van der Waals surface area contributed by atoms with E-state index in [4.69, 9.17) is 96.3 Å². The van der Waals surface area contributed by atoms with Crippen molar-refractivity contribution in [2.75, 3.05) is 36.0 Å². The van der Waals surface area contributed by atoms with Gasteiger partial charge in [-0.2, -0.15) is 35.2 Å². The van der Waals surface area contributed by atoms with Crippen LogP contribution >= 0.6 is 46.4 Å². The molecule has 0 atom stereocenters. The first-order chi connectivity index (χ1) is 39.0. The van der Waals surface area contributed by atoms with Crippen molar-refractivity contribution in [3.63, 3.8) is 0 Å². The van der Waals surface area contributed by atoms with Gasteiger partial charge in [-0.15, -0.1) is 7.77 Å². The largest absolute Gasteiger partial charge is 0.487 e. The molecule has 0 saturated heterocycles. The quantitative estimate of drug-likeness (QED) is 0.0293. The lowest BCUT2D eigenvalue weighted by atomic mass is 10.0. The van der Waals surface area contributed by atoms with Crippen LogP contribution in [-0.4, -0.2) is 79.2 Å². The molecule has 0 aliphatic carbocycles. The summed E-state index contributed by atoms with van der Waals surface area (Å²) < 4.78 is 114. The number of nitrogens with two attached hydrogens (primary N) is 4. The summed E-state index contributed by atoms with van der Waals surface area (Å²) in [5.41, 5.74) is 29.1. The Morgan fingerprint density at radius 1 is 0.494 bits per heavy atom. The fourth-order valence-corrected chi connectivity index (χ4v) is 9.08. The Labute approximate surface area is 494 Å². The highest BCUT2D eigenvalue weighted by Crippen LogP contribution is 2.35. The van der Waals surface area contributed by atoms with Crippen molar-refractivity contribution in [1.29, 1.82) is 0 Å². The first-order valence-corrected chi connectivity index (χ1v) is 29.2. The molecule has 0 aliphatic rings. The van der Waals surface area contributed by atoms with Crippen molar-refractivity contribution in [2.24, 2.45) is 0 Å². The number of ether oxygens (including phenoxy) is 2. The van der Waals surface area contributed by atoms with E-state index in [1.165, 1.54) is 24.3 Å². The monoisotopic (exact) mass is 1280 g/mol. The van der Waals surface area contributed by atoms with Gasteiger partial charge in [-0.1, -0.05) is 94.9 Å². The Bertz CT molecular complexity index is 3780. The minimum atomic E-state index is -4.89. The summed E-state index contributed by atoms with van der Waals surface area (Å²) >= 11 is 24.4. The highest BCUT2D eigenvalue weighted by atomic mass is 35.5. The lowest BCUT2D eigenvalue weighted by molar-refractivity contribution is 0.0945. The summed E-state index contributed by atoms with van der Waals surface area (Å²) in [6.45, 7) is 0.654. The summed E-state index contributed by atoms with van der Waals surface area (Å²) in [5.74, 6) is 0.453. The third-order valence-corrected chi connectivity index (χ3v) is 14.3. The summed E-state index contributed by atoms with van der Waals surface area (Å²) in [6.07, 6.45) is 0.987. The van der Waals surface area contributed by atoms with Gasteiger partial charge in [-0.3, -0.25) is 18.7 Å². The SMILES string of the molecule is Nc1nc(N)c(-c2ccc(Cl)c(Cl)c2)c(COc2ccc(CCNC(=O)c3cccc(S(=O)(=O)F)c3)cc2)n1.Nc1nc(N)c(-c2ccc(Cl)c(Cl)c2)c(COc2ccc(CCNC(=O)c3cccc(S(=O)(=O)F)c3)cc2)n1.O=S(=O)(O)O. The van der Waals surface area contributed by atoms with E-state index in [1.807, 2.05) is 24.3 Å². The Morgan fingerprint density at radius 3 is 1.17 bits per heavy atom. The van der Waals surface area contributed by atoms with Gasteiger partial charge >= 0.3 is 30.8 Å². The molecular weight excluding hydrogens is 1230 g/mol. The normalized spacial score (nSPS) is 11.3. The van der Waals surface area contributed by atoms with Crippen molar-refractivity contribution in [3.05, 3.63) is 187 Å². The minimum Gasteiger partial charge on any atom is -0.487 e. The van der Waals surface area contributed by atoms with Crippen LogP contribution in [0, 0.1) is 0 Å². The van der Waals surface area contributed by atoms with Crippen molar-refractivity contribution in [3.8, 4) is 33.8 Å². The molecule has 436 valence electrons. The molecule has 2 aromatic heterocycles. The van der Waals surface area contributed by atoms with Gasteiger partial charge in [-0.25, -0.2) is 9.97 Å². The lowest BCUT2D eigenvalue weighted by Crippen LogP contribution is -2.25. The molecule has 0 bridgehead atoms. The molecule has 8 aromatic rings. The molecule has 0 saturated carbocycles. The van der Waals surface area contributed by atoms with Crippen molar-refractivity contribution >= 4 is 113 Å². The van der Waals surface area contributed by atoms with Crippen LogP contribution in [-0.2, 0) is 56.9 Å². The molecule has 0 aliphatic heterocycles. The first kappa shape index (κ1) is 64.2. The summed E-state index contributed by atoms with van der Waals surface area (Å²) in [4.78, 5) is 40.1. The number of halogens is 6. The number of anilines is 4. The molecule has 22 nitrogen and oxygen atoms in total. The molecule has 83 heavy (non-hydrogen) atoms. The first-order valence-electron chi connectivity index (χ1n) is 23.6. The molecule has 0 fully saturated rings. The number of nitrogen functional groups attached to an aromatic ring is 4. The van der Waals surface area contributed by atoms with E-state index in [0.717, 1.165) is 35.4 Å². The molecule has 0 spiro atoms. The highest BCUT2D eigenvalue weighted by molar-refractivity contribution is 7.86. The van der Waals surface area contributed by atoms with Gasteiger partial charge in [0.05, 0.1) is 41.3 Å². The van der Waals surface area contributed by atoms with Gasteiger partial charge in [-0.05, 0) is 120 Å². The Kier molecular flexibility index (Phi) is 21.9. The highest BCUT2D eigenvalue weighted by Gasteiger charge is 2.20. The second kappa shape index (κ2) is 28.3. The average molecular weight is 1280 g/mol. The number of hydrogen-bond acceptors (Lipinski definition) is 18. The number of nitrogens with one attached hydrogen (secondary N) is 2. The standard InChI is InChI=1S/2C26H22Cl2FN5O4S.H2O4S/c2*27-20-9-6-16(13-21(20)28)23-22(33-26(31)34-24(23)30)14-38-18-7-4-15(5-8-18)10-11-32-25(35)17-2-1-3-19(12-17)39(29,36)37;1-5(2,3)4/h2*1-9,12-13H,10-11,14H2,(H,32,35)(H4,30,31,33,34);(H2,1,2,3,4). The van der Waals surface area contributed by atoms with E-state index in [2.05, 4.69) is 30.6 Å². The summed E-state index contributed by atoms with van der Waals surface area (Å²) in [5, 5.41) is 6.87. The number of carbonyl (C=O) groups is 2. The van der Waals surface area contributed by atoms with E-state index in [9.17, 15) is 34.2 Å². The van der Waals surface area contributed by atoms with Crippen LogP contribution in [0.25, 0.3) is 22.3 Å². The Hall–Kier alpha value is -7.99. The molecule has 0 unspecified atom stereocenters. The molecule has 8 rings (SSSR count). The molecule has 2 heterocycles. The summed E-state index contributed by atoms with van der Waals surface area (Å²) in [7, 11) is -14.5. The molecular formula is C52H46Cl4F2N10O12S3. The van der Waals surface area contributed by atoms with Crippen LogP contribution in [0.15, 0.2) is 143 Å². The number of carbonyl (C=O) groups excluding carboxylic acids is 2. The molecule has 2 amide bonds. The topological polar surface area (TPSA) is 375 Å². The third-order valence-electron chi connectivity index (χ3n) is 11.2. The fraction of sp³-hybridized carbons (Fsp3) is 0.115. The zero-order valence-corrected chi connectivity index (χ0v) is 48.0. The molecule has 0 radical (unpaired) electrons. The van der Waals surface area contributed by atoms with Gasteiger partial charge in [0.1, 0.15) is 36.3 Å². The summed E-state index contributed by atoms with van der Waals surface area (Å²) in [6, 6.07) is 34.0. The van der Waals surface area contributed by atoms with Gasteiger partial charge < -0.3 is 43.0 Å². The predicted molar refractivity (Wildman–Crippen MR) is 310 cm³/mol. The van der Waals surface area contributed by atoms with Gasteiger partial charge in [0, 0.05) is 35.3 Å². The van der Waals surface area contributed by atoms with Crippen molar-refractivity contribution < 1.29 is 61.2 Å². The third kappa shape index (κ3) is 19.6. The second-order valence-corrected chi connectivity index (χ2v) is 22.3. The van der Waals surface area contributed by atoms with Crippen LogP contribution in [0.4, 0.5) is 31.3 Å². The minimum absolute atomic E-state index is 0.00495. The van der Waals surface area contributed by atoms with Crippen LogP contribution in [0.1, 0.15) is 43.2 Å². The average Bonchev–Trinajstić information content (AvgIpc) is 3.49. The van der Waals surface area contributed by atoms with E-state index in [1.54, 1.807) is 60.7 Å². The van der Waals surface area contributed by atoms with Crippen LogP contribution in [0.2, 0.25) is 20.1 Å². The van der Waals surface area contributed by atoms with Crippen LogP contribution in [0.3, 0.4) is 0 Å².